The van der Waals surface area contributed by atoms with E-state index in [1.165, 1.54) is 0 Å². The largest absolute Gasteiger partial charge is 0.390 e. The average Bonchev–Trinajstić information content (AvgIpc) is 2.95. The zero-order valence-electron chi connectivity index (χ0n) is 11.0. The molecule has 1 fully saturated rings. The van der Waals surface area contributed by atoms with Gasteiger partial charge in [0.2, 0.25) is 10.0 Å². The minimum Gasteiger partial charge on any atom is -0.390 e. The molecule has 0 amide bonds. The Kier molecular flexibility index (Phi) is 4.54. The first-order valence-corrected chi connectivity index (χ1v) is 8.95. The second-order valence-electron chi connectivity index (χ2n) is 4.77. The van der Waals surface area contributed by atoms with Crippen molar-refractivity contribution in [2.75, 3.05) is 6.26 Å². The van der Waals surface area contributed by atoms with Crippen molar-refractivity contribution in [3.8, 4) is 0 Å². The Morgan fingerprint density at radius 1 is 1.53 bits per heavy atom. The lowest BCUT2D eigenvalue weighted by Gasteiger charge is -2.13. The molecule has 0 aliphatic heterocycles. The van der Waals surface area contributed by atoms with E-state index in [0.29, 0.717) is 10.9 Å². The zero-order chi connectivity index (χ0) is 14.0. The molecule has 1 aromatic rings. The smallest absolute Gasteiger partial charge is 0.244 e. The van der Waals surface area contributed by atoms with Crippen LogP contribution in [0.4, 0.5) is 0 Å². The fourth-order valence-corrected chi connectivity index (χ4v) is 4.91. The lowest BCUT2D eigenvalue weighted by molar-refractivity contribution is 0.273. The molecule has 1 aromatic heterocycles. The topological polar surface area (TPSA) is 95.1 Å². The molecule has 2 atom stereocenters. The lowest BCUT2D eigenvalue weighted by atomic mass is 10.3. The molecule has 1 aliphatic rings. The average molecular weight is 305 g/mol. The van der Waals surface area contributed by atoms with Gasteiger partial charge in [0.15, 0.2) is 0 Å². The fourth-order valence-electron chi connectivity index (χ4n) is 2.47. The van der Waals surface area contributed by atoms with Gasteiger partial charge in [0, 0.05) is 11.3 Å². The summed E-state index contributed by atoms with van der Waals surface area (Å²) < 4.78 is 27.4. The van der Waals surface area contributed by atoms with Gasteiger partial charge in [-0.2, -0.15) is 16.9 Å². The number of rotatable bonds is 5. The Labute approximate surface area is 117 Å². The normalized spacial score (nSPS) is 23.9. The highest BCUT2D eigenvalue weighted by Gasteiger charge is 2.31. The van der Waals surface area contributed by atoms with Gasteiger partial charge in [-0.1, -0.05) is 0 Å². The van der Waals surface area contributed by atoms with E-state index in [1.54, 1.807) is 18.7 Å². The predicted octanol–water partition coefficient (Wildman–Crippen LogP) is 0.773. The maximum Gasteiger partial charge on any atom is 0.244 e. The first-order chi connectivity index (χ1) is 8.97. The van der Waals surface area contributed by atoms with Crippen LogP contribution in [0, 0.1) is 6.92 Å². The third kappa shape index (κ3) is 3.13. The van der Waals surface area contributed by atoms with E-state index >= 15 is 0 Å². The molecule has 0 saturated heterocycles. The third-order valence-electron chi connectivity index (χ3n) is 3.42. The van der Waals surface area contributed by atoms with Crippen molar-refractivity contribution < 1.29 is 13.5 Å². The summed E-state index contributed by atoms with van der Waals surface area (Å²) in [6.45, 7) is 1.25. The van der Waals surface area contributed by atoms with Crippen LogP contribution in [0.1, 0.15) is 30.7 Å². The molecule has 108 valence electrons. The SMILES string of the molecule is CSC1CCC(NS(=O)(=O)c2c(CO)n[nH]c2C)C1. The summed E-state index contributed by atoms with van der Waals surface area (Å²) in [5, 5.41) is 16.1. The summed E-state index contributed by atoms with van der Waals surface area (Å²) >= 11 is 1.78. The van der Waals surface area contributed by atoms with Crippen LogP contribution >= 0.6 is 11.8 Å². The van der Waals surface area contributed by atoms with E-state index in [-0.39, 0.29) is 16.6 Å². The van der Waals surface area contributed by atoms with Gasteiger partial charge < -0.3 is 5.11 Å². The maximum atomic E-state index is 12.4. The van der Waals surface area contributed by atoms with Gasteiger partial charge >= 0.3 is 0 Å². The van der Waals surface area contributed by atoms with Crippen molar-refractivity contribution >= 4 is 21.8 Å². The summed E-state index contributed by atoms with van der Waals surface area (Å²) in [5.41, 5.74) is 0.625. The van der Waals surface area contributed by atoms with Crippen LogP contribution in [-0.4, -0.2) is 41.3 Å². The Balaban J connectivity index is 2.17. The van der Waals surface area contributed by atoms with Crippen molar-refractivity contribution in [2.45, 2.75) is 49.0 Å². The van der Waals surface area contributed by atoms with E-state index in [4.69, 9.17) is 5.11 Å². The number of aryl methyl sites for hydroxylation is 1. The second-order valence-corrected chi connectivity index (χ2v) is 7.56. The number of aliphatic hydroxyl groups is 1. The quantitative estimate of drug-likeness (QED) is 0.747. The van der Waals surface area contributed by atoms with Crippen LogP contribution < -0.4 is 4.72 Å². The van der Waals surface area contributed by atoms with Crippen LogP contribution in [0.15, 0.2) is 4.90 Å². The Bertz CT molecular complexity index is 541. The van der Waals surface area contributed by atoms with E-state index in [1.807, 2.05) is 6.26 Å². The summed E-state index contributed by atoms with van der Waals surface area (Å²) in [4.78, 5) is 0.0857. The van der Waals surface area contributed by atoms with Gasteiger partial charge in [-0.15, -0.1) is 0 Å². The van der Waals surface area contributed by atoms with E-state index in [2.05, 4.69) is 14.9 Å². The minimum atomic E-state index is -3.62. The van der Waals surface area contributed by atoms with E-state index in [0.717, 1.165) is 19.3 Å². The molecule has 0 spiro atoms. The van der Waals surface area contributed by atoms with E-state index in [9.17, 15) is 8.42 Å². The van der Waals surface area contributed by atoms with Gasteiger partial charge in [0.1, 0.15) is 10.6 Å². The van der Waals surface area contributed by atoms with Gasteiger partial charge in [-0.3, -0.25) is 5.10 Å². The van der Waals surface area contributed by atoms with Crippen molar-refractivity contribution in [1.29, 1.82) is 0 Å². The molecular formula is C11H19N3O3S2. The van der Waals surface area contributed by atoms with Crippen molar-refractivity contribution in [3.63, 3.8) is 0 Å². The molecule has 0 aromatic carbocycles. The Hall–Kier alpha value is -0.570. The summed E-state index contributed by atoms with van der Waals surface area (Å²) in [6.07, 6.45) is 4.79. The number of nitrogens with one attached hydrogen (secondary N) is 2. The molecule has 8 heteroatoms. The molecule has 1 saturated carbocycles. The fraction of sp³-hybridized carbons (Fsp3) is 0.727. The zero-order valence-corrected chi connectivity index (χ0v) is 12.6. The highest BCUT2D eigenvalue weighted by molar-refractivity contribution is 7.99. The van der Waals surface area contributed by atoms with Gasteiger partial charge in [-0.05, 0) is 32.4 Å². The predicted molar refractivity (Wildman–Crippen MR) is 74.5 cm³/mol. The van der Waals surface area contributed by atoms with Crippen molar-refractivity contribution in [3.05, 3.63) is 11.4 Å². The number of hydrogen-bond acceptors (Lipinski definition) is 5. The number of sulfonamides is 1. The van der Waals surface area contributed by atoms with Gasteiger partial charge in [0.25, 0.3) is 0 Å². The second kappa shape index (κ2) is 5.82. The van der Waals surface area contributed by atoms with Crippen LogP contribution in [0.2, 0.25) is 0 Å². The number of aliphatic hydroxyl groups excluding tert-OH is 1. The number of nitrogens with zero attached hydrogens (tertiary/aromatic N) is 1. The highest BCUT2D eigenvalue weighted by atomic mass is 32.2. The molecule has 2 rings (SSSR count). The number of thioether (sulfide) groups is 1. The maximum absolute atomic E-state index is 12.4. The standard InChI is InChI=1S/C11H19N3O3S2/c1-7-11(10(6-15)13-12-7)19(16,17)14-8-3-4-9(5-8)18-2/h8-9,14-15H,3-6H2,1-2H3,(H,12,13). The number of aromatic amines is 1. The summed E-state index contributed by atoms with van der Waals surface area (Å²) in [5.74, 6) is 0. The number of H-pyrrole nitrogens is 1. The van der Waals surface area contributed by atoms with Crippen molar-refractivity contribution in [2.24, 2.45) is 0 Å². The van der Waals surface area contributed by atoms with Crippen LogP contribution in [0.25, 0.3) is 0 Å². The molecule has 2 unspecified atom stereocenters. The van der Waals surface area contributed by atoms with Crippen LogP contribution in [0.3, 0.4) is 0 Å². The molecule has 1 heterocycles. The third-order valence-corrected chi connectivity index (χ3v) is 6.24. The highest BCUT2D eigenvalue weighted by Crippen LogP contribution is 2.29. The molecule has 0 radical (unpaired) electrons. The minimum absolute atomic E-state index is 0.0247. The van der Waals surface area contributed by atoms with Crippen LogP contribution in [0.5, 0.6) is 0 Å². The number of aromatic nitrogens is 2. The van der Waals surface area contributed by atoms with Gasteiger partial charge in [0.05, 0.1) is 12.3 Å². The monoisotopic (exact) mass is 305 g/mol. The first kappa shape index (κ1) is 14.8. The first-order valence-electron chi connectivity index (χ1n) is 6.17. The molecule has 0 bridgehead atoms. The summed E-state index contributed by atoms with van der Waals surface area (Å²) in [6, 6.07) is -0.0247. The van der Waals surface area contributed by atoms with Gasteiger partial charge in [-0.25, -0.2) is 13.1 Å². The molecule has 6 nitrogen and oxygen atoms in total. The molecular weight excluding hydrogens is 286 g/mol. The Morgan fingerprint density at radius 3 is 2.84 bits per heavy atom. The van der Waals surface area contributed by atoms with E-state index < -0.39 is 16.6 Å². The summed E-state index contributed by atoms with van der Waals surface area (Å²) in [7, 11) is -3.62. The molecule has 19 heavy (non-hydrogen) atoms. The number of hydrogen-bond donors (Lipinski definition) is 3. The lowest BCUT2D eigenvalue weighted by Crippen LogP contribution is -2.33. The molecule has 1 aliphatic carbocycles. The molecule has 3 N–H and O–H groups in total. The van der Waals surface area contributed by atoms with Crippen LogP contribution in [-0.2, 0) is 16.6 Å². The Morgan fingerprint density at radius 2 is 2.26 bits per heavy atom. The van der Waals surface area contributed by atoms with Crippen molar-refractivity contribution in [1.82, 2.24) is 14.9 Å².